The largest absolute Gasteiger partial charge is 0.497 e. The summed E-state index contributed by atoms with van der Waals surface area (Å²) in [7, 11) is 5.25. The number of benzene rings is 1. The molecular formula is C23H28N4O2S. The Labute approximate surface area is 181 Å². The molecule has 158 valence electrons. The highest BCUT2D eigenvalue weighted by Gasteiger charge is 2.28. The van der Waals surface area contributed by atoms with Crippen LogP contribution in [0.25, 0.3) is 0 Å². The SMILES string of the molecule is COc1ccc(CCn2nc(C(=O)N(C)C)c3c2CCN(Cc2ccsc2)C3)cc1. The molecule has 0 unspecified atom stereocenters. The van der Waals surface area contributed by atoms with Crippen LogP contribution in [0, 0.1) is 0 Å². The number of aryl methyl sites for hydroxylation is 2. The van der Waals surface area contributed by atoms with Gasteiger partial charge in [0.2, 0.25) is 0 Å². The number of amides is 1. The molecule has 0 fully saturated rings. The zero-order chi connectivity index (χ0) is 21.1. The lowest BCUT2D eigenvalue weighted by molar-refractivity contribution is 0.0818. The molecule has 1 aromatic carbocycles. The van der Waals surface area contributed by atoms with E-state index in [1.807, 2.05) is 12.1 Å². The summed E-state index contributed by atoms with van der Waals surface area (Å²) in [5.74, 6) is 0.839. The third-order valence-corrected chi connectivity index (χ3v) is 6.31. The summed E-state index contributed by atoms with van der Waals surface area (Å²) in [5, 5.41) is 9.08. The van der Waals surface area contributed by atoms with Gasteiger partial charge in [0.05, 0.1) is 7.11 Å². The third kappa shape index (κ3) is 4.42. The van der Waals surface area contributed by atoms with Crippen LogP contribution in [0.5, 0.6) is 5.75 Å². The molecule has 7 heteroatoms. The second-order valence-corrected chi connectivity index (χ2v) is 8.67. The Kier molecular flexibility index (Phi) is 6.20. The Morgan fingerprint density at radius 3 is 2.67 bits per heavy atom. The van der Waals surface area contributed by atoms with E-state index in [-0.39, 0.29) is 5.91 Å². The quantitative estimate of drug-likeness (QED) is 0.583. The van der Waals surface area contributed by atoms with Crippen molar-refractivity contribution in [2.45, 2.75) is 32.5 Å². The second-order valence-electron chi connectivity index (χ2n) is 7.89. The van der Waals surface area contributed by atoms with Crippen LogP contribution in [0.2, 0.25) is 0 Å². The van der Waals surface area contributed by atoms with Gasteiger partial charge in [-0.1, -0.05) is 12.1 Å². The predicted octanol–water partition coefficient (Wildman–Crippen LogP) is 3.46. The lowest BCUT2D eigenvalue weighted by atomic mass is 10.0. The molecule has 1 amide bonds. The van der Waals surface area contributed by atoms with Gasteiger partial charge in [0.1, 0.15) is 5.75 Å². The molecule has 0 spiro atoms. The van der Waals surface area contributed by atoms with E-state index in [2.05, 4.69) is 38.5 Å². The van der Waals surface area contributed by atoms with E-state index in [1.54, 1.807) is 37.4 Å². The summed E-state index contributed by atoms with van der Waals surface area (Å²) in [5.41, 5.74) is 5.45. The van der Waals surface area contributed by atoms with Crippen LogP contribution >= 0.6 is 11.3 Å². The smallest absolute Gasteiger partial charge is 0.274 e. The fourth-order valence-electron chi connectivity index (χ4n) is 3.92. The maximum atomic E-state index is 12.8. The number of aromatic nitrogens is 2. The van der Waals surface area contributed by atoms with Crippen LogP contribution in [-0.2, 0) is 32.5 Å². The van der Waals surface area contributed by atoms with E-state index in [0.29, 0.717) is 5.69 Å². The van der Waals surface area contributed by atoms with Crippen molar-refractivity contribution in [1.29, 1.82) is 0 Å². The number of nitrogens with zero attached hydrogens (tertiary/aromatic N) is 4. The minimum absolute atomic E-state index is 0.0215. The molecule has 2 aromatic heterocycles. The van der Waals surface area contributed by atoms with Gasteiger partial charge in [-0.15, -0.1) is 0 Å². The van der Waals surface area contributed by atoms with Crippen LogP contribution in [0.1, 0.15) is 32.9 Å². The lowest BCUT2D eigenvalue weighted by Crippen LogP contribution is -2.32. The van der Waals surface area contributed by atoms with E-state index in [9.17, 15) is 4.79 Å². The molecule has 0 aliphatic carbocycles. The molecule has 0 atom stereocenters. The van der Waals surface area contributed by atoms with E-state index in [4.69, 9.17) is 9.84 Å². The number of carbonyl (C=O) groups excluding carboxylic acids is 1. The van der Waals surface area contributed by atoms with E-state index >= 15 is 0 Å². The van der Waals surface area contributed by atoms with Crippen molar-refractivity contribution in [2.24, 2.45) is 0 Å². The lowest BCUT2D eigenvalue weighted by Gasteiger charge is -2.27. The number of hydrogen-bond acceptors (Lipinski definition) is 5. The van der Waals surface area contributed by atoms with Crippen LogP contribution < -0.4 is 4.74 Å². The molecule has 0 saturated heterocycles. The number of methoxy groups -OCH3 is 1. The molecule has 0 N–H and O–H groups in total. The summed E-state index contributed by atoms with van der Waals surface area (Å²) in [6, 6.07) is 10.3. The second kappa shape index (κ2) is 9.02. The van der Waals surface area contributed by atoms with Gasteiger partial charge < -0.3 is 9.64 Å². The molecule has 3 heterocycles. The van der Waals surface area contributed by atoms with Crippen molar-refractivity contribution in [3.8, 4) is 5.75 Å². The highest BCUT2D eigenvalue weighted by atomic mass is 32.1. The van der Waals surface area contributed by atoms with Crippen molar-refractivity contribution in [2.75, 3.05) is 27.7 Å². The molecule has 0 saturated carbocycles. The highest BCUT2D eigenvalue weighted by molar-refractivity contribution is 7.07. The average molecular weight is 425 g/mol. The minimum Gasteiger partial charge on any atom is -0.497 e. The summed E-state index contributed by atoms with van der Waals surface area (Å²) < 4.78 is 7.30. The van der Waals surface area contributed by atoms with Crippen molar-refractivity contribution >= 4 is 17.2 Å². The van der Waals surface area contributed by atoms with Gasteiger partial charge in [-0.3, -0.25) is 14.4 Å². The van der Waals surface area contributed by atoms with Crippen LogP contribution in [0.15, 0.2) is 41.1 Å². The first kappa shape index (κ1) is 20.6. The van der Waals surface area contributed by atoms with Gasteiger partial charge in [0.25, 0.3) is 5.91 Å². The number of hydrogen-bond donors (Lipinski definition) is 0. The number of fused-ring (bicyclic) bond motifs is 1. The van der Waals surface area contributed by atoms with Gasteiger partial charge in [-0.25, -0.2) is 0 Å². The Morgan fingerprint density at radius 2 is 2.00 bits per heavy atom. The molecule has 30 heavy (non-hydrogen) atoms. The van der Waals surface area contributed by atoms with E-state index in [1.165, 1.54) is 16.8 Å². The number of thiophene rings is 1. The topological polar surface area (TPSA) is 50.6 Å². The maximum absolute atomic E-state index is 12.8. The number of ether oxygens (including phenoxy) is 1. The normalized spacial score (nSPS) is 13.8. The average Bonchev–Trinajstić information content (AvgIpc) is 3.39. The summed E-state index contributed by atoms with van der Waals surface area (Å²) in [6.07, 6.45) is 1.78. The van der Waals surface area contributed by atoms with Crippen LogP contribution in [0.4, 0.5) is 0 Å². The van der Waals surface area contributed by atoms with Gasteiger partial charge in [0.15, 0.2) is 5.69 Å². The first-order valence-corrected chi connectivity index (χ1v) is 11.2. The Hall–Kier alpha value is -2.64. The van der Waals surface area contributed by atoms with Crippen LogP contribution in [-0.4, -0.2) is 53.2 Å². The molecule has 0 radical (unpaired) electrons. The minimum atomic E-state index is -0.0215. The van der Waals surface area contributed by atoms with Crippen molar-refractivity contribution < 1.29 is 9.53 Å². The van der Waals surface area contributed by atoms with Crippen molar-refractivity contribution in [1.82, 2.24) is 19.6 Å². The van der Waals surface area contributed by atoms with Gasteiger partial charge >= 0.3 is 0 Å². The molecular weight excluding hydrogens is 396 g/mol. The highest BCUT2D eigenvalue weighted by Crippen LogP contribution is 2.26. The van der Waals surface area contributed by atoms with Crippen LogP contribution in [0.3, 0.4) is 0 Å². The zero-order valence-corrected chi connectivity index (χ0v) is 18.6. The Bertz CT molecular complexity index is 993. The zero-order valence-electron chi connectivity index (χ0n) is 17.8. The first-order valence-electron chi connectivity index (χ1n) is 10.2. The molecule has 4 rings (SSSR count). The summed E-state index contributed by atoms with van der Waals surface area (Å²) >= 11 is 1.72. The standard InChI is InChI=1S/C23H28N4O2S/c1-25(2)23(28)22-20-15-26(14-18-10-13-30-16-18)11-9-21(20)27(24-22)12-8-17-4-6-19(29-3)7-5-17/h4-7,10,13,16H,8-9,11-12,14-15H2,1-3H3. The van der Waals surface area contributed by atoms with Crippen molar-refractivity contribution in [3.63, 3.8) is 0 Å². The third-order valence-electron chi connectivity index (χ3n) is 5.58. The Balaban J connectivity index is 1.55. The molecule has 6 nitrogen and oxygen atoms in total. The summed E-state index contributed by atoms with van der Waals surface area (Å²) in [6.45, 7) is 3.42. The monoisotopic (exact) mass is 424 g/mol. The van der Waals surface area contributed by atoms with Gasteiger partial charge in [0, 0.05) is 58.0 Å². The number of rotatable bonds is 7. The maximum Gasteiger partial charge on any atom is 0.274 e. The molecule has 1 aliphatic heterocycles. The summed E-state index contributed by atoms with van der Waals surface area (Å²) in [4.78, 5) is 16.8. The predicted molar refractivity (Wildman–Crippen MR) is 119 cm³/mol. The number of carbonyl (C=O) groups is 1. The molecule has 0 bridgehead atoms. The fraction of sp³-hybridized carbons (Fsp3) is 0.391. The molecule has 3 aromatic rings. The van der Waals surface area contributed by atoms with E-state index in [0.717, 1.165) is 50.3 Å². The van der Waals surface area contributed by atoms with E-state index < -0.39 is 0 Å². The van der Waals surface area contributed by atoms with Gasteiger partial charge in [-0.2, -0.15) is 16.4 Å². The first-order chi connectivity index (χ1) is 14.5. The molecule has 1 aliphatic rings. The van der Waals surface area contributed by atoms with Crippen molar-refractivity contribution in [3.05, 3.63) is 69.2 Å². The Morgan fingerprint density at radius 1 is 1.20 bits per heavy atom. The van der Waals surface area contributed by atoms with Gasteiger partial charge in [-0.05, 0) is 46.5 Å². The fourth-order valence-corrected chi connectivity index (χ4v) is 4.58.